The van der Waals surface area contributed by atoms with Gasteiger partial charge in [-0.05, 0) is 38.1 Å². The molecule has 2 rings (SSSR count). The molecular formula is C15H16FN3O. The van der Waals surface area contributed by atoms with Gasteiger partial charge >= 0.3 is 0 Å². The summed E-state index contributed by atoms with van der Waals surface area (Å²) in [6, 6.07) is 9.71. The molecule has 0 unspecified atom stereocenters. The Morgan fingerprint density at radius 3 is 2.55 bits per heavy atom. The third-order valence-corrected chi connectivity index (χ3v) is 2.57. The summed E-state index contributed by atoms with van der Waals surface area (Å²) in [6.45, 7) is 3.76. The molecule has 0 aliphatic carbocycles. The Labute approximate surface area is 117 Å². The van der Waals surface area contributed by atoms with Crippen LogP contribution in [0, 0.1) is 5.82 Å². The lowest BCUT2D eigenvalue weighted by Crippen LogP contribution is -2.30. The summed E-state index contributed by atoms with van der Waals surface area (Å²) in [7, 11) is 0. The van der Waals surface area contributed by atoms with Crippen LogP contribution < -0.4 is 10.6 Å². The molecule has 0 saturated heterocycles. The third-order valence-electron chi connectivity index (χ3n) is 2.57. The van der Waals surface area contributed by atoms with Gasteiger partial charge in [0.25, 0.3) is 5.91 Å². The highest BCUT2D eigenvalue weighted by Crippen LogP contribution is 2.18. The summed E-state index contributed by atoms with van der Waals surface area (Å²) in [5.41, 5.74) is 1.32. The van der Waals surface area contributed by atoms with Crippen LogP contribution >= 0.6 is 0 Å². The SMILES string of the molecule is CC(C)NC(=O)c1ccc(Nc2ccccc2F)cn1. The molecule has 1 amide bonds. The maximum atomic E-state index is 13.5. The minimum Gasteiger partial charge on any atom is -0.352 e. The number of halogens is 1. The molecule has 0 fully saturated rings. The van der Waals surface area contributed by atoms with Gasteiger partial charge in [-0.3, -0.25) is 4.79 Å². The van der Waals surface area contributed by atoms with Crippen LogP contribution in [-0.2, 0) is 0 Å². The molecule has 0 aliphatic rings. The van der Waals surface area contributed by atoms with Crippen molar-refractivity contribution in [1.29, 1.82) is 0 Å². The molecule has 20 heavy (non-hydrogen) atoms. The van der Waals surface area contributed by atoms with E-state index >= 15 is 0 Å². The van der Waals surface area contributed by atoms with Crippen LogP contribution in [0.15, 0.2) is 42.6 Å². The number of hydrogen-bond acceptors (Lipinski definition) is 3. The Hall–Kier alpha value is -2.43. The summed E-state index contributed by atoms with van der Waals surface area (Å²) in [4.78, 5) is 15.8. The first kappa shape index (κ1) is 14.0. The third kappa shape index (κ3) is 3.54. The summed E-state index contributed by atoms with van der Waals surface area (Å²) < 4.78 is 13.5. The monoisotopic (exact) mass is 273 g/mol. The number of nitrogens with one attached hydrogen (secondary N) is 2. The van der Waals surface area contributed by atoms with Crippen LogP contribution in [0.25, 0.3) is 0 Å². The fourth-order valence-corrected chi connectivity index (χ4v) is 1.66. The van der Waals surface area contributed by atoms with Gasteiger partial charge in [0, 0.05) is 6.04 Å². The van der Waals surface area contributed by atoms with Gasteiger partial charge in [0.2, 0.25) is 0 Å². The molecule has 1 aromatic heterocycles. The van der Waals surface area contributed by atoms with Gasteiger partial charge in [0.05, 0.1) is 17.6 Å². The van der Waals surface area contributed by atoms with E-state index in [0.29, 0.717) is 17.1 Å². The number of rotatable bonds is 4. The molecule has 104 valence electrons. The molecule has 5 heteroatoms. The topological polar surface area (TPSA) is 54.0 Å². The predicted octanol–water partition coefficient (Wildman–Crippen LogP) is 3.10. The first-order valence-electron chi connectivity index (χ1n) is 6.34. The summed E-state index contributed by atoms with van der Waals surface area (Å²) in [5, 5.41) is 5.67. The van der Waals surface area contributed by atoms with Crippen LogP contribution in [0.2, 0.25) is 0 Å². The second-order valence-electron chi connectivity index (χ2n) is 4.67. The Morgan fingerprint density at radius 2 is 1.95 bits per heavy atom. The van der Waals surface area contributed by atoms with Gasteiger partial charge in [-0.2, -0.15) is 0 Å². The second kappa shape index (κ2) is 6.14. The fraction of sp³-hybridized carbons (Fsp3) is 0.200. The average Bonchev–Trinajstić information content (AvgIpc) is 2.41. The lowest BCUT2D eigenvalue weighted by atomic mass is 10.2. The van der Waals surface area contributed by atoms with Crippen LogP contribution in [0.4, 0.5) is 15.8 Å². The van der Waals surface area contributed by atoms with Gasteiger partial charge in [0.1, 0.15) is 11.5 Å². The highest BCUT2D eigenvalue weighted by Gasteiger charge is 2.08. The number of carbonyl (C=O) groups excluding carboxylic acids is 1. The van der Waals surface area contributed by atoms with Crippen molar-refractivity contribution < 1.29 is 9.18 Å². The molecule has 4 nitrogen and oxygen atoms in total. The lowest BCUT2D eigenvalue weighted by Gasteiger charge is -2.09. The number of para-hydroxylation sites is 1. The van der Waals surface area contributed by atoms with E-state index in [1.807, 2.05) is 13.8 Å². The maximum absolute atomic E-state index is 13.5. The van der Waals surface area contributed by atoms with Crippen molar-refractivity contribution in [3.8, 4) is 0 Å². The van der Waals surface area contributed by atoms with Gasteiger partial charge in [-0.1, -0.05) is 12.1 Å². The number of benzene rings is 1. The molecule has 1 heterocycles. The van der Waals surface area contributed by atoms with Crippen molar-refractivity contribution in [1.82, 2.24) is 10.3 Å². The average molecular weight is 273 g/mol. The van der Waals surface area contributed by atoms with Crippen molar-refractivity contribution in [2.24, 2.45) is 0 Å². The molecule has 2 aromatic rings. The van der Waals surface area contributed by atoms with E-state index in [0.717, 1.165) is 0 Å². The quantitative estimate of drug-likeness (QED) is 0.900. The van der Waals surface area contributed by atoms with Gasteiger partial charge in [-0.25, -0.2) is 9.37 Å². The van der Waals surface area contributed by atoms with E-state index < -0.39 is 0 Å². The number of anilines is 2. The number of carbonyl (C=O) groups is 1. The zero-order valence-electron chi connectivity index (χ0n) is 11.4. The van der Waals surface area contributed by atoms with Crippen LogP contribution in [-0.4, -0.2) is 16.9 Å². The highest BCUT2D eigenvalue weighted by atomic mass is 19.1. The number of pyridine rings is 1. The number of aromatic nitrogens is 1. The Balaban J connectivity index is 2.09. The standard InChI is InChI=1S/C15H16FN3O/c1-10(2)18-15(20)14-8-7-11(9-17-14)19-13-6-4-3-5-12(13)16/h3-10,19H,1-2H3,(H,18,20). The highest BCUT2D eigenvalue weighted by molar-refractivity contribution is 5.92. The van der Waals surface area contributed by atoms with Crippen LogP contribution in [0.3, 0.4) is 0 Å². The zero-order valence-corrected chi connectivity index (χ0v) is 11.4. The van der Waals surface area contributed by atoms with Crippen LogP contribution in [0.5, 0.6) is 0 Å². The zero-order chi connectivity index (χ0) is 14.5. The maximum Gasteiger partial charge on any atom is 0.270 e. The molecule has 0 atom stereocenters. The predicted molar refractivity (Wildman–Crippen MR) is 76.5 cm³/mol. The van der Waals surface area contributed by atoms with Gasteiger partial charge < -0.3 is 10.6 Å². The number of hydrogen-bond donors (Lipinski definition) is 2. The molecule has 1 aromatic carbocycles. The summed E-state index contributed by atoms with van der Waals surface area (Å²) in [6.07, 6.45) is 1.50. The summed E-state index contributed by atoms with van der Waals surface area (Å²) >= 11 is 0. The summed E-state index contributed by atoms with van der Waals surface area (Å²) in [5.74, 6) is -0.563. The number of nitrogens with zero attached hydrogens (tertiary/aromatic N) is 1. The van der Waals surface area contributed by atoms with Crippen molar-refractivity contribution in [3.05, 3.63) is 54.1 Å². The molecular weight excluding hydrogens is 257 g/mol. The lowest BCUT2D eigenvalue weighted by molar-refractivity contribution is 0.0938. The van der Waals surface area contributed by atoms with E-state index in [2.05, 4.69) is 15.6 Å². The Bertz CT molecular complexity index is 596. The van der Waals surface area contributed by atoms with E-state index in [4.69, 9.17) is 0 Å². The molecule has 2 N–H and O–H groups in total. The van der Waals surface area contributed by atoms with Crippen molar-refractivity contribution in [2.45, 2.75) is 19.9 Å². The minimum absolute atomic E-state index is 0.0560. The largest absolute Gasteiger partial charge is 0.352 e. The second-order valence-corrected chi connectivity index (χ2v) is 4.67. The minimum atomic E-state index is -0.339. The Kier molecular flexibility index (Phi) is 4.30. The normalized spacial score (nSPS) is 10.4. The molecule has 0 bridgehead atoms. The van der Waals surface area contributed by atoms with Crippen LogP contribution in [0.1, 0.15) is 24.3 Å². The fourth-order valence-electron chi connectivity index (χ4n) is 1.66. The van der Waals surface area contributed by atoms with Crippen molar-refractivity contribution in [3.63, 3.8) is 0 Å². The van der Waals surface area contributed by atoms with Gasteiger partial charge in [0.15, 0.2) is 0 Å². The molecule has 0 spiro atoms. The van der Waals surface area contributed by atoms with E-state index in [9.17, 15) is 9.18 Å². The number of amides is 1. The van der Waals surface area contributed by atoms with E-state index in [-0.39, 0.29) is 17.8 Å². The Morgan fingerprint density at radius 1 is 1.20 bits per heavy atom. The van der Waals surface area contributed by atoms with E-state index in [1.165, 1.54) is 12.3 Å². The first-order valence-corrected chi connectivity index (χ1v) is 6.34. The van der Waals surface area contributed by atoms with Gasteiger partial charge in [-0.15, -0.1) is 0 Å². The molecule has 0 saturated carbocycles. The van der Waals surface area contributed by atoms with E-state index in [1.54, 1.807) is 30.3 Å². The van der Waals surface area contributed by atoms with Crippen molar-refractivity contribution in [2.75, 3.05) is 5.32 Å². The molecule has 0 aliphatic heterocycles. The first-order chi connectivity index (χ1) is 9.56. The molecule has 0 radical (unpaired) electrons. The van der Waals surface area contributed by atoms with Crippen molar-refractivity contribution >= 4 is 17.3 Å². The smallest absolute Gasteiger partial charge is 0.270 e.